The van der Waals surface area contributed by atoms with Crippen molar-refractivity contribution in [2.45, 2.75) is 6.54 Å². The van der Waals surface area contributed by atoms with Crippen LogP contribution in [0.3, 0.4) is 0 Å². The van der Waals surface area contributed by atoms with Crippen LogP contribution < -0.4 is 5.32 Å². The van der Waals surface area contributed by atoms with Crippen molar-refractivity contribution in [1.29, 1.82) is 0 Å². The zero-order valence-electron chi connectivity index (χ0n) is 11.6. The molecule has 3 aromatic carbocycles. The van der Waals surface area contributed by atoms with Crippen LogP contribution in [-0.4, -0.2) is 5.91 Å². The van der Waals surface area contributed by atoms with Gasteiger partial charge in [0, 0.05) is 6.54 Å². The Morgan fingerprint density at radius 2 is 1.73 bits per heavy atom. The lowest BCUT2D eigenvalue weighted by molar-refractivity contribution is 0.0946. The number of halogens is 2. The Balaban J connectivity index is 1.82. The minimum Gasteiger partial charge on any atom is -0.348 e. The predicted octanol–water partition coefficient (Wildman–Crippen LogP) is 4.05. The lowest BCUT2D eigenvalue weighted by Crippen LogP contribution is -2.24. The number of nitrogens with one attached hydrogen (secondary N) is 1. The molecule has 0 aromatic heterocycles. The van der Waals surface area contributed by atoms with E-state index >= 15 is 0 Å². The van der Waals surface area contributed by atoms with Gasteiger partial charge in [0.1, 0.15) is 11.6 Å². The number of rotatable bonds is 3. The highest BCUT2D eigenvalue weighted by molar-refractivity contribution is 5.95. The molecule has 3 rings (SSSR count). The van der Waals surface area contributed by atoms with E-state index in [-0.39, 0.29) is 12.1 Å². The summed E-state index contributed by atoms with van der Waals surface area (Å²) in [4.78, 5) is 12.0. The second kappa shape index (κ2) is 5.93. The van der Waals surface area contributed by atoms with E-state index in [1.165, 1.54) is 0 Å². The van der Waals surface area contributed by atoms with E-state index in [0.717, 1.165) is 34.5 Å². The SMILES string of the molecule is O=C(NCc1cccc2ccccc12)c1cc(F)ccc1F. The minimum absolute atomic E-state index is 0.246. The lowest BCUT2D eigenvalue weighted by Gasteiger charge is -2.09. The van der Waals surface area contributed by atoms with Crippen LogP contribution in [-0.2, 0) is 6.54 Å². The zero-order chi connectivity index (χ0) is 15.5. The smallest absolute Gasteiger partial charge is 0.254 e. The number of fused-ring (bicyclic) bond motifs is 1. The van der Waals surface area contributed by atoms with Crippen molar-refractivity contribution in [2.75, 3.05) is 0 Å². The highest BCUT2D eigenvalue weighted by Crippen LogP contribution is 2.18. The number of hydrogen-bond donors (Lipinski definition) is 1. The van der Waals surface area contributed by atoms with Crippen molar-refractivity contribution < 1.29 is 13.6 Å². The monoisotopic (exact) mass is 297 g/mol. The molecule has 0 unspecified atom stereocenters. The van der Waals surface area contributed by atoms with Gasteiger partial charge in [0.2, 0.25) is 0 Å². The molecular formula is C18H13F2NO. The molecule has 3 aromatic rings. The summed E-state index contributed by atoms with van der Waals surface area (Å²) in [5.41, 5.74) is 0.628. The molecule has 0 aliphatic carbocycles. The van der Waals surface area contributed by atoms with Crippen LogP contribution in [0.1, 0.15) is 15.9 Å². The minimum atomic E-state index is -0.739. The molecule has 0 bridgehead atoms. The highest BCUT2D eigenvalue weighted by atomic mass is 19.1. The lowest BCUT2D eigenvalue weighted by atomic mass is 10.0. The van der Waals surface area contributed by atoms with Crippen LogP contribution in [0.2, 0.25) is 0 Å². The summed E-state index contributed by atoms with van der Waals surface area (Å²) in [6, 6.07) is 16.4. The van der Waals surface area contributed by atoms with Gasteiger partial charge in [0.05, 0.1) is 5.56 Å². The molecule has 1 N–H and O–H groups in total. The Hall–Kier alpha value is -2.75. The average Bonchev–Trinajstić information content (AvgIpc) is 2.54. The largest absolute Gasteiger partial charge is 0.348 e. The maximum Gasteiger partial charge on any atom is 0.254 e. The second-order valence-electron chi connectivity index (χ2n) is 4.95. The van der Waals surface area contributed by atoms with E-state index in [9.17, 15) is 13.6 Å². The second-order valence-corrected chi connectivity index (χ2v) is 4.95. The van der Waals surface area contributed by atoms with Crippen molar-refractivity contribution in [1.82, 2.24) is 5.32 Å². The molecule has 0 saturated carbocycles. The van der Waals surface area contributed by atoms with Gasteiger partial charge in [-0.05, 0) is 34.5 Å². The third-order valence-corrected chi connectivity index (χ3v) is 3.49. The first-order valence-corrected chi connectivity index (χ1v) is 6.85. The molecule has 110 valence electrons. The fraction of sp³-hybridized carbons (Fsp3) is 0.0556. The average molecular weight is 297 g/mol. The molecular weight excluding hydrogens is 284 g/mol. The van der Waals surface area contributed by atoms with Crippen molar-refractivity contribution in [3.05, 3.63) is 83.4 Å². The van der Waals surface area contributed by atoms with Crippen LogP contribution in [0.5, 0.6) is 0 Å². The summed E-state index contributed by atoms with van der Waals surface area (Å²) in [5.74, 6) is -2.02. The highest BCUT2D eigenvalue weighted by Gasteiger charge is 2.12. The summed E-state index contributed by atoms with van der Waals surface area (Å²) >= 11 is 0. The fourth-order valence-electron chi connectivity index (χ4n) is 2.39. The van der Waals surface area contributed by atoms with Gasteiger partial charge in [-0.15, -0.1) is 0 Å². The topological polar surface area (TPSA) is 29.1 Å². The fourth-order valence-corrected chi connectivity index (χ4v) is 2.39. The van der Waals surface area contributed by atoms with Crippen molar-refractivity contribution >= 4 is 16.7 Å². The molecule has 0 atom stereocenters. The molecule has 0 aliphatic rings. The summed E-state index contributed by atoms with van der Waals surface area (Å²) in [6.45, 7) is 0.246. The van der Waals surface area contributed by atoms with E-state index < -0.39 is 17.5 Å². The van der Waals surface area contributed by atoms with Crippen molar-refractivity contribution in [2.24, 2.45) is 0 Å². The molecule has 0 saturated heterocycles. The van der Waals surface area contributed by atoms with Crippen molar-refractivity contribution in [3.63, 3.8) is 0 Å². The first-order valence-electron chi connectivity index (χ1n) is 6.85. The molecule has 0 aliphatic heterocycles. The van der Waals surface area contributed by atoms with E-state index in [4.69, 9.17) is 0 Å². The molecule has 0 radical (unpaired) electrons. The Morgan fingerprint density at radius 3 is 2.59 bits per heavy atom. The molecule has 0 heterocycles. The van der Waals surface area contributed by atoms with Gasteiger partial charge in [-0.3, -0.25) is 4.79 Å². The number of benzene rings is 3. The normalized spacial score (nSPS) is 10.6. The van der Waals surface area contributed by atoms with Gasteiger partial charge in [-0.2, -0.15) is 0 Å². The molecule has 2 nitrogen and oxygen atoms in total. The third-order valence-electron chi connectivity index (χ3n) is 3.49. The number of carbonyl (C=O) groups excluding carboxylic acids is 1. The van der Waals surface area contributed by atoms with Gasteiger partial charge >= 0.3 is 0 Å². The first kappa shape index (κ1) is 14.2. The molecule has 0 fully saturated rings. The van der Waals surface area contributed by atoms with Gasteiger partial charge in [0.15, 0.2) is 0 Å². The first-order chi connectivity index (χ1) is 10.6. The Morgan fingerprint density at radius 1 is 0.955 bits per heavy atom. The van der Waals surface area contributed by atoms with E-state index in [0.29, 0.717) is 0 Å². The molecule has 4 heteroatoms. The summed E-state index contributed by atoms with van der Waals surface area (Å²) in [5, 5.41) is 4.71. The van der Waals surface area contributed by atoms with E-state index in [1.807, 2.05) is 42.5 Å². The quantitative estimate of drug-likeness (QED) is 0.776. The zero-order valence-corrected chi connectivity index (χ0v) is 11.6. The Kier molecular flexibility index (Phi) is 3.83. The number of hydrogen-bond acceptors (Lipinski definition) is 1. The molecule has 0 spiro atoms. The van der Waals surface area contributed by atoms with Crippen LogP contribution in [0.4, 0.5) is 8.78 Å². The third kappa shape index (κ3) is 2.81. The number of amides is 1. The maximum atomic E-state index is 13.6. The van der Waals surface area contributed by atoms with Crippen LogP contribution in [0.25, 0.3) is 10.8 Å². The Bertz CT molecular complexity index is 840. The van der Waals surface area contributed by atoms with Gasteiger partial charge in [-0.25, -0.2) is 8.78 Å². The van der Waals surface area contributed by atoms with Crippen molar-refractivity contribution in [3.8, 4) is 0 Å². The molecule has 22 heavy (non-hydrogen) atoms. The van der Waals surface area contributed by atoms with Gasteiger partial charge in [0.25, 0.3) is 5.91 Å². The van der Waals surface area contributed by atoms with E-state index in [2.05, 4.69) is 5.32 Å². The summed E-state index contributed by atoms with van der Waals surface area (Å²) < 4.78 is 26.7. The summed E-state index contributed by atoms with van der Waals surface area (Å²) in [6.07, 6.45) is 0. The van der Waals surface area contributed by atoms with Crippen LogP contribution in [0.15, 0.2) is 60.7 Å². The predicted molar refractivity (Wildman–Crippen MR) is 81.5 cm³/mol. The van der Waals surface area contributed by atoms with Crippen LogP contribution in [0, 0.1) is 11.6 Å². The van der Waals surface area contributed by atoms with E-state index in [1.54, 1.807) is 0 Å². The summed E-state index contributed by atoms with van der Waals surface area (Å²) in [7, 11) is 0. The van der Waals surface area contributed by atoms with Crippen LogP contribution >= 0.6 is 0 Å². The molecule has 1 amide bonds. The number of carbonyl (C=O) groups is 1. The standard InChI is InChI=1S/C18H13F2NO/c19-14-8-9-17(20)16(10-14)18(22)21-11-13-6-3-5-12-4-1-2-7-15(12)13/h1-10H,11H2,(H,21,22). The maximum absolute atomic E-state index is 13.6. The van der Waals surface area contributed by atoms with Gasteiger partial charge < -0.3 is 5.32 Å². The Labute approximate surface area is 126 Å². The van der Waals surface area contributed by atoms with Gasteiger partial charge in [-0.1, -0.05) is 42.5 Å².